The lowest BCUT2D eigenvalue weighted by Gasteiger charge is -2.28. The Morgan fingerprint density at radius 2 is 2.00 bits per heavy atom. The lowest BCUT2D eigenvalue weighted by molar-refractivity contribution is 0.287. The van der Waals surface area contributed by atoms with Crippen LogP contribution in [0.5, 0.6) is 17.4 Å². The number of hydrogen-bond acceptors (Lipinski definition) is 6. The number of nitriles is 1. The molecule has 158 valence electrons. The molecule has 4 rings (SSSR count). The topological polar surface area (TPSA) is 104 Å². The van der Waals surface area contributed by atoms with E-state index in [1.807, 2.05) is 48.5 Å². The molecule has 0 saturated heterocycles. The second-order valence-corrected chi connectivity index (χ2v) is 7.35. The molecule has 0 bridgehead atoms. The van der Waals surface area contributed by atoms with Gasteiger partial charge in [0.05, 0.1) is 31.0 Å². The Morgan fingerprint density at radius 1 is 1.19 bits per heavy atom. The largest absolute Gasteiger partial charge is 0.493 e. The molecular weight excluding hydrogens is 392 g/mol. The van der Waals surface area contributed by atoms with Crippen molar-refractivity contribution in [1.29, 1.82) is 10.7 Å². The van der Waals surface area contributed by atoms with Crippen LogP contribution in [-0.4, -0.2) is 29.8 Å². The predicted molar refractivity (Wildman–Crippen MR) is 117 cm³/mol. The van der Waals surface area contributed by atoms with Crippen LogP contribution in [0.25, 0.3) is 11.3 Å². The highest BCUT2D eigenvalue weighted by atomic mass is 16.5. The summed E-state index contributed by atoms with van der Waals surface area (Å²) >= 11 is 0. The third kappa shape index (κ3) is 3.84. The summed E-state index contributed by atoms with van der Waals surface area (Å²) in [5.74, 6) is 0.236. The molecule has 0 amide bonds. The van der Waals surface area contributed by atoms with E-state index >= 15 is 0 Å². The number of nitrogens with zero attached hydrogens (tertiary/aromatic N) is 2. The van der Waals surface area contributed by atoms with Crippen LogP contribution in [0.2, 0.25) is 0 Å². The number of rotatable bonds is 7. The van der Waals surface area contributed by atoms with Crippen LogP contribution in [0.3, 0.4) is 0 Å². The number of aromatic amines is 1. The second kappa shape index (κ2) is 8.92. The van der Waals surface area contributed by atoms with E-state index in [2.05, 4.69) is 23.2 Å². The number of unbranched alkanes of at least 4 members (excludes halogenated alkanes) is 1. The van der Waals surface area contributed by atoms with Gasteiger partial charge < -0.3 is 14.2 Å². The maximum absolute atomic E-state index is 9.90. The van der Waals surface area contributed by atoms with Crippen LogP contribution >= 0.6 is 0 Å². The first-order valence-electron chi connectivity index (χ1n) is 10.3. The molecule has 0 aliphatic carbocycles. The molecule has 0 spiro atoms. The number of ether oxygens (including phenoxy) is 3. The zero-order valence-electron chi connectivity index (χ0n) is 17.5. The SMILES string of the molecule is CCCCOc1cc(C2c3c(n[nH]c3-c3ccccc3)OC(=N)C2C#N)ccc1OC. The number of benzene rings is 2. The third-order valence-electron chi connectivity index (χ3n) is 5.41. The zero-order chi connectivity index (χ0) is 21.8. The summed E-state index contributed by atoms with van der Waals surface area (Å²) < 4.78 is 17.0. The second-order valence-electron chi connectivity index (χ2n) is 7.35. The molecule has 0 radical (unpaired) electrons. The number of methoxy groups -OCH3 is 1. The molecule has 0 saturated carbocycles. The lowest BCUT2D eigenvalue weighted by atomic mass is 9.78. The van der Waals surface area contributed by atoms with Crippen molar-refractivity contribution >= 4 is 5.90 Å². The van der Waals surface area contributed by atoms with Gasteiger partial charge in [0, 0.05) is 5.92 Å². The molecule has 0 fully saturated rings. The van der Waals surface area contributed by atoms with Crippen LogP contribution in [0.4, 0.5) is 0 Å². The van der Waals surface area contributed by atoms with E-state index in [1.54, 1.807) is 7.11 Å². The Labute approximate surface area is 181 Å². The molecule has 2 atom stereocenters. The van der Waals surface area contributed by atoms with E-state index in [-0.39, 0.29) is 5.90 Å². The van der Waals surface area contributed by atoms with Gasteiger partial charge in [-0.15, -0.1) is 5.10 Å². The van der Waals surface area contributed by atoms with Crippen molar-refractivity contribution in [1.82, 2.24) is 10.2 Å². The van der Waals surface area contributed by atoms with Gasteiger partial charge >= 0.3 is 0 Å². The summed E-state index contributed by atoms with van der Waals surface area (Å²) in [6, 6.07) is 17.7. The summed E-state index contributed by atoms with van der Waals surface area (Å²) in [6.45, 7) is 2.68. The summed E-state index contributed by atoms with van der Waals surface area (Å²) in [6.07, 6.45) is 1.95. The molecule has 31 heavy (non-hydrogen) atoms. The molecule has 2 N–H and O–H groups in total. The van der Waals surface area contributed by atoms with Crippen molar-refractivity contribution in [2.45, 2.75) is 25.7 Å². The lowest BCUT2D eigenvalue weighted by Crippen LogP contribution is -2.30. The van der Waals surface area contributed by atoms with Crippen LogP contribution in [0.15, 0.2) is 48.5 Å². The number of hydrogen-bond donors (Lipinski definition) is 2. The standard InChI is InChI=1S/C24H24N4O3/c1-3-4-12-30-19-13-16(10-11-18(19)29-2)20-17(14-25)23(26)31-24-21(20)22(27-28-24)15-8-6-5-7-9-15/h5-11,13,17,20,26H,3-4,12H2,1-2H3,(H,27,28). The smallest absolute Gasteiger partial charge is 0.244 e. The van der Waals surface area contributed by atoms with Gasteiger partial charge in [-0.05, 0) is 29.7 Å². The van der Waals surface area contributed by atoms with Gasteiger partial charge in [-0.3, -0.25) is 10.5 Å². The third-order valence-corrected chi connectivity index (χ3v) is 5.41. The average molecular weight is 416 g/mol. The van der Waals surface area contributed by atoms with Crippen LogP contribution in [0, 0.1) is 22.7 Å². The molecule has 3 aromatic rings. The summed E-state index contributed by atoms with van der Waals surface area (Å²) in [7, 11) is 1.60. The zero-order valence-corrected chi connectivity index (χ0v) is 17.5. The highest BCUT2D eigenvalue weighted by Gasteiger charge is 2.41. The van der Waals surface area contributed by atoms with E-state index < -0.39 is 11.8 Å². The van der Waals surface area contributed by atoms with Crippen LogP contribution in [-0.2, 0) is 0 Å². The van der Waals surface area contributed by atoms with Crippen molar-refractivity contribution in [2.75, 3.05) is 13.7 Å². The molecule has 2 unspecified atom stereocenters. The van der Waals surface area contributed by atoms with Crippen molar-refractivity contribution in [3.63, 3.8) is 0 Å². The van der Waals surface area contributed by atoms with E-state index in [0.717, 1.165) is 35.2 Å². The van der Waals surface area contributed by atoms with Crippen molar-refractivity contribution in [3.05, 3.63) is 59.7 Å². The Balaban J connectivity index is 1.84. The molecular formula is C24H24N4O3. The van der Waals surface area contributed by atoms with Gasteiger partial charge in [0.15, 0.2) is 11.5 Å². The van der Waals surface area contributed by atoms with Gasteiger partial charge in [0.25, 0.3) is 0 Å². The quantitative estimate of drug-likeness (QED) is 0.533. The van der Waals surface area contributed by atoms with E-state index in [0.29, 0.717) is 24.0 Å². The van der Waals surface area contributed by atoms with Crippen molar-refractivity contribution in [3.8, 4) is 34.7 Å². The van der Waals surface area contributed by atoms with Crippen molar-refractivity contribution in [2.24, 2.45) is 5.92 Å². The number of fused-ring (bicyclic) bond motifs is 1. The Morgan fingerprint density at radius 3 is 2.71 bits per heavy atom. The maximum Gasteiger partial charge on any atom is 0.244 e. The molecule has 2 aromatic carbocycles. The Bertz CT molecular complexity index is 1120. The maximum atomic E-state index is 9.90. The first kappa shape index (κ1) is 20.5. The fourth-order valence-corrected chi connectivity index (χ4v) is 3.83. The van der Waals surface area contributed by atoms with Gasteiger partial charge in [-0.2, -0.15) is 5.26 Å². The van der Waals surface area contributed by atoms with E-state index in [9.17, 15) is 5.26 Å². The molecule has 2 heterocycles. The fourth-order valence-electron chi connectivity index (χ4n) is 3.83. The minimum Gasteiger partial charge on any atom is -0.493 e. The predicted octanol–water partition coefficient (Wildman–Crippen LogP) is 4.91. The van der Waals surface area contributed by atoms with E-state index in [4.69, 9.17) is 19.6 Å². The van der Waals surface area contributed by atoms with Gasteiger partial charge in [-0.25, -0.2) is 0 Å². The fraction of sp³-hybridized carbons (Fsp3) is 0.292. The summed E-state index contributed by atoms with van der Waals surface area (Å²) in [5, 5.41) is 25.5. The van der Waals surface area contributed by atoms with Gasteiger partial charge in [0.2, 0.25) is 11.8 Å². The molecule has 1 aliphatic heterocycles. The first-order valence-corrected chi connectivity index (χ1v) is 10.3. The summed E-state index contributed by atoms with van der Waals surface area (Å²) in [4.78, 5) is 0. The van der Waals surface area contributed by atoms with Gasteiger partial charge in [0.1, 0.15) is 5.92 Å². The van der Waals surface area contributed by atoms with E-state index in [1.165, 1.54) is 0 Å². The summed E-state index contributed by atoms with van der Waals surface area (Å²) in [5.41, 5.74) is 3.31. The molecule has 7 heteroatoms. The highest BCUT2D eigenvalue weighted by molar-refractivity contribution is 5.86. The number of aromatic nitrogens is 2. The highest BCUT2D eigenvalue weighted by Crippen LogP contribution is 2.47. The van der Waals surface area contributed by atoms with Crippen LogP contribution in [0.1, 0.15) is 36.8 Å². The minimum absolute atomic E-state index is 0.115. The minimum atomic E-state index is -0.788. The van der Waals surface area contributed by atoms with Gasteiger partial charge in [-0.1, -0.05) is 49.7 Å². The molecule has 1 aromatic heterocycles. The Kier molecular flexibility index (Phi) is 5.89. The Hall–Kier alpha value is -3.79. The van der Waals surface area contributed by atoms with Crippen LogP contribution < -0.4 is 14.2 Å². The normalized spacial score (nSPS) is 17.4. The first-order chi connectivity index (χ1) is 15.2. The number of H-pyrrole nitrogens is 1. The van der Waals surface area contributed by atoms with Crippen molar-refractivity contribution < 1.29 is 14.2 Å². The molecule has 7 nitrogen and oxygen atoms in total. The number of nitrogens with one attached hydrogen (secondary N) is 2. The molecule has 1 aliphatic rings. The average Bonchev–Trinajstić information content (AvgIpc) is 3.22. The monoisotopic (exact) mass is 416 g/mol.